The van der Waals surface area contributed by atoms with Gasteiger partial charge in [0.05, 0.1) is 111 Å². The van der Waals surface area contributed by atoms with Crippen molar-refractivity contribution in [2.45, 2.75) is 71.6 Å². The van der Waals surface area contributed by atoms with Crippen molar-refractivity contribution in [2.75, 3.05) is 100.0 Å². The minimum Gasteiger partial charge on any atom is -0.493 e. The zero-order valence-electron chi connectivity index (χ0n) is 38.4. The number of hydrogen-bond donors (Lipinski definition) is 2. The van der Waals surface area contributed by atoms with Gasteiger partial charge in [-0.1, -0.05) is 0 Å². The number of carbonyl (C=O) groups excluding carboxylic acids is 5. The summed E-state index contributed by atoms with van der Waals surface area (Å²) in [5.74, 6) is -3.61. The Morgan fingerprint density at radius 3 is 1.97 bits per heavy atom. The molecule has 18 nitrogen and oxygen atoms in total. The highest BCUT2D eigenvalue weighted by Crippen LogP contribution is 2.41. The molecule has 0 saturated heterocycles. The van der Waals surface area contributed by atoms with Gasteiger partial charge in [0.25, 0.3) is 0 Å². The second-order valence-electron chi connectivity index (χ2n) is 14.7. The number of nitrogens with one attached hydrogen (secondary N) is 1. The number of methoxy groups -OCH3 is 2. The molecular formula is C45H62ClF2N3O15S. The molecule has 374 valence electrons. The number of hydrogen-bond acceptors (Lipinski definition) is 17. The van der Waals surface area contributed by atoms with Crippen molar-refractivity contribution in [1.82, 2.24) is 10.2 Å². The highest BCUT2D eigenvalue weighted by molar-refractivity contribution is 7.20. The van der Waals surface area contributed by atoms with Crippen molar-refractivity contribution in [2.24, 2.45) is 5.73 Å². The van der Waals surface area contributed by atoms with E-state index in [1.54, 1.807) is 26.0 Å². The molecule has 4 rings (SSSR count). The van der Waals surface area contributed by atoms with Gasteiger partial charge in [0.1, 0.15) is 6.10 Å². The summed E-state index contributed by atoms with van der Waals surface area (Å²) in [7, 11) is 2.72. The summed E-state index contributed by atoms with van der Waals surface area (Å²) in [6, 6.07) is 4.58. The second kappa shape index (κ2) is 30.5. The molecular weight excluding hydrogens is 928 g/mol. The van der Waals surface area contributed by atoms with Gasteiger partial charge in [-0.2, -0.15) is 0 Å². The Labute approximate surface area is 398 Å². The molecule has 0 unspecified atom stereocenters. The summed E-state index contributed by atoms with van der Waals surface area (Å²) in [5, 5.41) is 2.84. The van der Waals surface area contributed by atoms with Crippen molar-refractivity contribution in [3.63, 3.8) is 0 Å². The summed E-state index contributed by atoms with van der Waals surface area (Å²) >= 11 is 1.07. The molecule has 0 fully saturated rings. The lowest BCUT2D eigenvalue weighted by Gasteiger charge is -2.17. The Balaban J connectivity index is 0.0000119. The van der Waals surface area contributed by atoms with Crippen molar-refractivity contribution in [3.8, 4) is 23.0 Å². The minimum absolute atomic E-state index is 0. The lowest BCUT2D eigenvalue weighted by atomic mass is 10.1. The molecule has 2 aromatic carbocycles. The normalized spacial score (nSPS) is 12.3. The van der Waals surface area contributed by atoms with E-state index in [2.05, 4.69) is 5.32 Å². The maximum absolute atomic E-state index is 15.9. The number of nitrogens with two attached hydrogens (primary N) is 1. The van der Waals surface area contributed by atoms with Crippen molar-refractivity contribution < 1.29 is 80.1 Å². The number of thiophene rings is 1. The van der Waals surface area contributed by atoms with Gasteiger partial charge in [-0.05, 0) is 31.5 Å². The van der Waals surface area contributed by atoms with Gasteiger partial charge >= 0.3 is 11.9 Å². The van der Waals surface area contributed by atoms with E-state index in [-0.39, 0.29) is 153 Å². The molecule has 0 radical (unpaired) electrons. The monoisotopic (exact) mass is 989 g/mol. The van der Waals surface area contributed by atoms with Crippen molar-refractivity contribution in [1.29, 1.82) is 0 Å². The molecule has 22 heteroatoms. The van der Waals surface area contributed by atoms with E-state index in [1.165, 1.54) is 25.2 Å². The third-order valence-electron chi connectivity index (χ3n) is 9.80. The molecule has 1 aliphatic rings. The first kappa shape index (κ1) is 56.4. The standard InChI is InChI=1S/C45H61F2N3O15S.ClH/c1-5-62-40(54)9-7-33(51)37-24-31-36(66-37)25-35(57-4)45(42(31)46)64-14-6-13-63-44-34(56-3)23-30-27-50(28-32(30)43(44)47)39(53)8-10-41(55)65-29(2)26-49-38(52)11-15-58-17-19-60-21-22-61-20-18-59-16-12-48;/h23-25,29H,5-22,26-28,48H2,1-4H3,(H,49,52);1H/t29-;/m0./s1. The van der Waals surface area contributed by atoms with Gasteiger partial charge in [-0.3, -0.25) is 24.0 Å². The van der Waals surface area contributed by atoms with Gasteiger partial charge in [0, 0.05) is 67.0 Å². The lowest BCUT2D eigenvalue weighted by Crippen LogP contribution is -2.34. The van der Waals surface area contributed by atoms with Crippen LogP contribution in [0.4, 0.5) is 8.78 Å². The molecule has 0 aliphatic carbocycles. The predicted molar refractivity (Wildman–Crippen MR) is 243 cm³/mol. The first-order chi connectivity index (χ1) is 31.9. The van der Waals surface area contributed by atoms with E-state index < -0.39 is 29.7 Å². The molecule has 0 saturated carbocycles. The predicted octanol–water partition coefficient (Wildman–Crippen LogP) is 5.08. The fourth-order valence-electron chi connectivity index (χ4n) is 6.47. The average molecular weight is 991 g/mol. The first-order valence-corrected chi connectivity index (χ1v) is 22.6. The summed E-state index contributed by atoms with van der Waals surface area (Å²) in [4.78, 5) is 63.9. The number of ketones is 1. The van der Waals surface area contributed by atoms with Crippen LogP contribution in [0.5, 0.6) is 23.0 Å². The van der Waals surface area contributed by atoms with Crippen LogP contribution in [0, 0.1) is 11.6 Å². The van der Waals surface area contributed by atoms with Crippen LogP contribution < -0.4 is 30.0 Å². The van der Waals surface area contributed by atoms with E-state index >= 15 is 8.78 Å². The van der Waals surface area contributed by atoms with Crippen LogP contribution in [0.15, 0.2) is 18.2 Å². The van der Waals surface area contributed by atoms with Gasteiger partial charge in [0.2, 0.25) is 11.8 Å². The number of fused-ring (bicyclic) bond motifs is 2. The zero-order valence-corrected chi connectivity index (χ0v) is 40.0. The molecule has 0 spiro atoms. The smallest absolute Gasteiger partial charge is 0.306 e. The zero-order chi connectivity index (χ0) is 47.8. The van der Waals surface area contributed by atoms with Crippen LogP contribution >= 0.6 is 23.7 Å². The average Bonchev–Trinajstić information content (AvgIpc) is 3.95. The van der Waals surface area contributed by atoms with Crippen molar-refractivity contribution >= 4 is 63.4 Å². The van der Waals surface area contributed by atoms with E-state index in [0.29, 0.717) is 63.1 Å². The topological polar surface area (TPSA) is 219 Å². The molecule has 2 heterocycles. The molecule has 3 aromatic rings. The number of rotatable bonds is 33. The number of Topliss-reactive ketones (excluding diaryl/α,β-unsaturated/α-hetero) is 1. The van der Waals surface area contributed by atoms with Crippen molar-refractivity contribution in [3.05, 3.63) is 45.8 Å². The third kappa shape index (κ3) is 18.3. The molecule has 0 bridgehead atoms. The second-order valence-corrected chi connectivity index (χ2v) is 15.8. The van der Waals surface area contributed by atoms with E-state index in [9.17, 15) is 24.0 Å². The molecule has 1 aliphatic heterocycles. The van der Waals surface area contributed by atoms with E-state index in [0.717, 1.165) is 11.3 Å². The summed E-state index contributed by atoms with van der Waals surface area (Å²) in [5.41, 5.74) is 6.11. The number of benzene rings is 2. The van der Waals surface area contributed by atoms with Crippen LogP contribution in [-0.4, -0.2) is 141 Å². The van der Waals surface area contributed by atoms with Crippen LogP contribution in [-0.2, 0) is 60.7 Å². The number of halogens is 3. The third-order valence-corrected chi connectivity index (χ3v) is 10.9. The summed E-state index contributed by atoms with van der Waals surface area (Å²) in [6.45, 7) is 7.12. The fourth-order valence-corrected chi connectivity index (χ4v) is 7.53. The quantitative estimate of drug-likeness (QED) is 0.0462. The Hall–Kier alpha value is -4.90. The molecule has 2 amide bonds. The molecule has 1 atom stereocenters. The maximum atomic E-state index is 15.9. The fraction of sp³-hybridized carbons (Fsp3) is 0.578. The SMILES string of the molecule is CCOC(=O)CCC(=O)c1cc2c(F)c(OCCCOc3c(OC)cc4c(c3F)CN(C(=O)CCC(=O)O[C@@H](C)CNC(=O)CCOCCOCCOCCOCCN)C4)c(OC)cc2s1.Cl. The van der Waals surface area contributed by atoms with Gasteiger partial charge < -0.3 is 63.3 Å². The highest BCUT2D eigenvalue weighted by atomic mass is 35.5. The minimum atomic E-state index is -0.721. The van der Waals surface area contributed by atoms with E-state index in [1.807, 2.05) is 0 Å². The van der Waals surface area contributed by atoms with Gasteiger partial charge in [-0.25, -0.2) is 8.78 Å². The lowest BCUT2D eigenvalue weighted by molar-refractivity contribution is -0.150. The number of carbonyl (C=O) groups is 5. The Morgan fingerprint density at radius 2 is 1.34 bits per heavy atom. The summed E-state index contributed by atoms with van der Waals surface area (Å²) < 4.78 is 86.0. The molecule has 1 aromatic heterocycles. The summed E-state index contributed by atoms with van der Waals surface area (Å²) in [6.07, 6.45) is -0.889. The Kier molecular flexibility index (Phi) is 25.7. The number of amides is 2. The van der Waals surface area contributed by atoms with Crippen LogP contribution in [0.1, 0.15) is 73.2 Å². The Bertz CT molecular complexity index is 2080. The van der Waals surface area contributed by atoms with E-state index in [4.69, 9.17) is 53.1 Å². The van der Waals surface area contributed by atoms with Crippen LogP contribution in [0.3, 0.4) is 0 Å². The van der Waals surface area contributed by atoms with Crippen LogP contribution in [0.2, 0.25) is 0 Å². The number of esters is 2. The van der Waals surface area contributed by atoms with Gasteiger partial charge in [-0.15, -0.1) is 23.7 Å². The number of nitrogens with zero attached hydrogens (tertiary/aromatic N) is 1. The first-order valence-electron chi connectivity index (χ1n) is 21.8. The molecule has 3 N–H and O–H groups in total. The largest absolute Gasteiger partial charge is 0.493 e. The Morgan fingerprint density at radius 1 is 0.746 bits per heavy atom. The highest BCUT2D eigenvalue weighted by Gasteiger charge is 2.31. The number of ether oxygens (including phenoxy) is 10. The maximum Gasteiger partial charge on any atom is 0.306 e. The van der Waals surface area contributed by atoms with Gasteiger partial charge in [0.15, 0.2) is 40.4 Å². The molecule has 67 heavy (non-hydrogen) atoms. The van der Waals surface area contributed by atoms with Crippen LogP contribution in [0.25, 0.3) is 10.1 Å².